The summed E-state index contributed by atoms with van der Waals surface area (Å²) in [6.07, 6.45) is 0. The Labute approximate surface area is 294 Å². The first-order valence-electron chi connectivity index (χ1n) is 16.5. The number of fused-ring (bicyclic) bond motifs is 2. The lowest BCUT2D eigenvalue weighted by atomic mass is 9.86. The van der Waals surface area contributed by atoms with Crippen LogP contribution in [0.4, 0.5) is 11.9 Å². The number of ether oxygens (including phenoxy) is 1. The maximum Gasteiger partial charge on any atom is 0.266 e. The first-order chi connectivity index (χ1) is 24.2. The molecule has 7 rings (SSSR count). The Morgan fingerprint density at radius 3 is 1.63 bits per heavy atom. The fraction of sp³-hybridized carbons (Fsp3) is 0.263. The highest BCUT2D eigenvalue weighted by Crippen LogP contribution is 2.27. The van der Waals surface area contributed by atoms with Crippen molar-refractivity contribution in [3.8, 4) is 28.5 Å². The van der Waals surface area contributed by atoms with Crippen LogP contribution in [0.5, 0.6) is 5.75 Å². The van der Waals surface area contributed by atoms with Gasteiger partial charge in [-0.2, -0.15) is 9.97 Å². The lowest BCUT2D eigenvalue weighted by Crippen LogP contribution is -2.11. The third-order valence-corrected chi connectivity index (χ3v) is 8.36. The zero-order valence-corrected chi connectivity index (χ0v) is 29.8. The summed E-state index contributed by atoms with van der Waals surface area (Å²) in [6.45, 7) is 13.6. The number of nitrogens with zero attached hydrogens (tertiary/aromatic N) is 6. The van der Waals surface area contributed by atoms with Gasteiger partial charge in [0.25, 0.3) is 11.1 Å². The lowest BCUT2D eigenvalue weighted by Gasteiger charge is -2.19. The van der Waals surface area contributed by atoms with E-state index in [0.29, 0.717) is 35.4 Å². The Balaban J connectivity index is 0.000000187. The molecule has 51 heavy (non-hydrogen) atoms. The van der Waals surface area contributed by atoms with Gasteiger partial charge in [0, 0.05) is 29.8 Å². The van der Waals surface area contributed by atoms with Crippen molar-refractivity contribution in [1.82, 2.24) is 39.2 Å². The molecule has 13 heteroatoms. The van der Waals surface area contributed by atoms with Crippen molar-refractivity contribution in [3.05, 3.63) is 122 Å². The van der Waals surface area contributed by atoms with E-state index in [2.05, 4.69) is 101 Å². The van der Waals surface area contributed by atoms with Crippen LogP contribution in [-0.4, -0.2) is 46.3 Å². The van der Waals surface area contributed by atoms with Crippen LogP contribution in [0, 0.1) is 0 Å². The summed E-state index contributed by atoms with van der Waals surface area (Å²) in [5.41, 5.74) is 11.8. The van der Waals surface area contributed by atoms with Gasteiger partial charge in [-0.25, -0.2) is 19.0 Å². The summed E-state index contributed by atoms with van der Waals surface area (Å²) in [6, 6.07) is 26.9. The van der Waals surface area contributed by atoms with E-state index in [4.69, 9.17) is 10.5 Å². The van der Waals surface area contributed by atoms with E-state index in [9.17, 15) is 9.59 Å². The van der Waals surface area contributed by atoms with Crippen LogP contribution in [-0.2, 0) is 17.4 Å². The zero-order chi connectivity index (χ0) is 36.5. The number of aromatic amines is 2. The molecule has 4 aromatic heterocycles. The molecule has 0 unspecified atom stereocenters. The molecule has 0 saturated carbocycles. The van der Waals surface area contributed by atoms with Crippen molar-refractivity contribution in [1.29, 1.82) is 0 Å². The van der Waals surface area contributed by atoms with Crippen molar-refractivity contribution in [2.24, 2.45) is 0 Å². The molecule has 13 nitrogen and oxygen atoms in total. The molecule has 0 aliphatic carbocycles. The number of hydrogen-bond acceptors (Lipinski definition) is 9. The molecule has 0 aliphatic rings. The van der Waals surface area contributed by atoms with E-state index in [1.54, 1.807) is 11.6 Å². The molecule has 5 N–H and O–H groups in total. The number of nitrogens with one attached hydrogen (secondary N) is 3. The highest BCUT2D eigenvalue weighted by molar-refractivity contribution is 5.62. The van der Waals surface area contributed by atoms with Crippen LogP contribution < -0.4 is 26.9 Å². The van der Waals surface area contributed by atoms with E-state index in [1.165, 1.54) is 27.8 Å². The van der Waals surface area contributed by atoms with Crippen LogP contribution in [0.15, 0.2) is 94.5 Å². The number of anilines is 2. The Morgan fingerprint density at radius 1 is 0.667 bits per heavy atom. The highest BCUT2D eigenvalue weighted by atomic mass is 16.5. The molecule has 7 aromatic rings. The second-order valence-corrected chi connectivity index (χ2v) is 14.3. The van der Waals surface area contributed by atoms with Crippen LogP contribution >= 0.6 is 0 Å². The quantitative estimate of drug-likeness (QED) is 0.164. The van der Waals surface area contributed by atoms with Gasteiger partial charge in [-0.05, 0) is 39.7 Å². The maximum absolute atomic E-state index is 11.9. The van der Waals surface area contributed by atoms with E-state index < -0.39 is 0 Å². The van der Waals surface area contributed by atoms with E-state index in [-0.39, 0.29) is 27.9 Å². The molecule has 4 heterocycles. The number of methoxy groups -OCH3 is 1. The third kappa shape index (κ3) is 7.82. The molecular formula is C38H42N10O3. The van der Waals surface area contributed by atoms with Gasteiger partial charge in [0.15, 0.2) is 22.9 Å². The summed E-state index contributed by atoms with van der Waals surface area (Å²) in [7, 11) is 1.64. The van der Waals surface area contributed by atoms with Gasteiger partial charge in [-0.15, -0.1) is 0 Å². The molecule has 0 amide bonds. The molecule has 0 atom stereocenters. The van der Waals surface area contributed by atoms with Crippen molar-refractivity contribution < 1.29 is 4.74 Å². The zero-order valence-electron chi connectivity index (χ0n) is 29.8. The smallest absolute Gasteiger partial charge is 0.266 e. The predicted octanol–water partition coefficient (Wildman–Crippen LogP) is 5.97. The minimum atomic E-state index is -0.253. The molecule has 0 spiro atoms. The number of nitrogens with two attached hydrogens (primary N) is 1. The van der Waals surface area contributed by atoms with Crippen molar-refractivity contribution in [2.45, 2.75) is 58.9 Å². The first-order valence-corrected chi connectivity index (χ1v) is 16.5. The third-order valence-electron chi connectivity index (χ3n) is 8.36. The molecule has 0 saturated heterocycles. The Kier molecular flexibility index (Phi) is 9.22. The Morgan fingerprint density at radius 2 is 1.14 bits per heavy atom. The average molecular weight is 687 g/mol. The second kappa shape index (κ2) is 13.6. The molecule has 3 aromatic carbocycles. The van der Waals surface area contributed by atoms with Crippen LogP contribution in [0.2, 0.25) is 0 Å². The summed E-state index contributed by atoms with van der Waals surface area (Å²) in [4.78, 5) is 41.1. The topological polar surface area (TPSA) is 173 Å². The number of H-pyrrole nitrogens is 2. The molecule has 262 valence electrons. The van der Waals surface area contributed by atoms with Gasteiger partial charge in [0.1, 0.15) is 5.75 Å². The minimum absolute atomic E-state index is 0.0718. The van der Waals surface area contributed by atoms with Gasteiger partial charge in [-0.1, -0.05) is 102 Å². The number of benzene rings is 3. The Hall–Kier alpha value is -6.24. The fourth-order valence-electron chi connectivity index (χ4n) is 5.38. The van der Waals surface area contributed by atoms with E-state index >= 15 is 0 Å². The standard InChI is InChI=1S/C23H25N5O2.C15H17N5O/c1-23(2,3)17-9-7-16(8-10-17)21-25-19-13-20(29)27-28(19)22(26-21)24-14-15-5-11-18(30-4)12-6-15;1-15(2,3)10-6-4-9(5-7-10)13-17-11-8-12(21)19-20(11)14(16)18-13/h5-13H,14H2,1-4H3,(H,27,29)(H,24,25,26);4-8H,1-3H3,(H,19,21)(H2,16,17,18). The lowest BCUT2D eigenvalue weighted by molar-refractivity contribution is 0.414. The fourth-order valence-corrected chi connectivity index (χ4v) is 5.38. The van der Waals surface area contributed by atoms with Gasteiger partial charge in [-0.3, -0.25) is 19.8 Å². The van der Waals surface area contributed by atoms with Gasteiger partial charge < -0.3 is 15.8 Å². The summed E-state index contributed by atoms with van der Waals surface area (Å²) in [5.74, 6) is 2.60. The predicted molar refractivity (Wildman–Crippen MR) is 200 cm³/mol. The van der Waals surface area contributed by atoms with Gasteiger partial charge in [0.05, 0.1) is 7.11 Å². The molecule has 0 bridgehead atoms. The average Bonchev–Trinajstić information content (AvgIpc) is 3.68. The van der Waals surface area contributed by atoms with Crippen LogP contribution in [0.3, 0.4) is 0 Å². The van der Waals surface area contributed by atoms with Crippen LogP contribution in [0.1, 0.15) is 58.2 Å². The molecule has 0 radical (unpaired) electrons. The minimum Gasteiger partial charge on any atom is -0.497 e. The maximum atomic E-state index is 11.9. The molecular weight excluding hydrogens is 644 g/mol. The molecule has 0 fully saturated rings. The van der Waals surface area contributed by atoms with Crippen molar-refractivity contribution in [2.75, 3.05) is 18.2 Å². The number of hydrogen-bond donors (Lipinski definition) is 4. The van der Waals surface area contributed by atoms with Crippen molar-refractivity contribution >= 4 is 23.2 Å². The van der Waals surface area contributed by atoms with Gasteiger partial charge in [0.2, 0.25) is 11.9 Å². The summed E-state index contributed by atoms with van der Waals surface area (Å²) >= 11 is 0. The second-order valence-electron chi connectivity index (χ2n) is 14.3. The summed E-state index contributed by atoms with van der Waals surface area (Å²) < 4.78 is 8.14. The van der Waals surface area contributed by atoms with Gasteiger partial charge >= 0.3 is 0 Å². The normalized spacial score (nSPS) is 11.7. The van der Waals surface area contributed by atoms with Crippen LogP contribution in [0.25, 0.3) is 34.1 Å². The number of nitrogen functional groups attached to an aromatic ring is 1. The first kappa shape index (κ1) is 34.6. The summed E-state index contributed by atoms with van der Waals surface area (Å²) in [5, 5.41) is 8.59. The highest BCUT2D eigenvalue weighted by Gasteiger charge is 2.16. The number of rotatable bonds is 6. The number of aromatic nitrogens is 8. The monoisotopic (exact) mass is 686 g/mol. The van der Waals surface area contributed by atoms with E-state index in [1.807, 2.05) is 48.5 Å². The molecule has 0 aliphatic heterocycles. The largest absolute Gasteiger partial charge is 0.497 e. The Bertz CT molecular complexity index is 2410. The van der Waals surface area contributed by atoms with Crippen molar-refractivity contribution in [3.63, 3.8) is 0 Å². The van der Waals surface area contributed by atoms with E-state index in [0.717, 1.165) is 22.4 Å². The SMILES string of the molecule is CC(C)(C)c1ccc(-c2nc(N)n3[nH]c(=O)cc3n2)cc1.COc1ccc(CNc2nc(-c3ccc(C(C)(C)C)cc3)nc3cc(=O)[nH]n23)cc1.